The Morgan fingerprint density at radius 1 is 1.34 bits per heavy atom. The maximum Gasteiger partial charge on any atom is 0.248 e. The number of thiazole rings is 1. The second-order valence-corrected chi connectivity index (χ2v) is 9.33. The minimum atomic E-state index is -2.75. The van der Waals surface area contributed by atoms with Gasteiger partial charge in [-0.05, 0) is 23.1 Å². The molecular weight excluding hydrogens is 438 g/mol. The number of anilines is 1. The first-order valence-electron chi connectivity index (χ1n) is 10.5. The van der Waals surface area contributed by atoms with Gasteiger partial charge < -0.3 is 10.1 Å². The van der Waals surface area contributed by atoms with Crippen molar-refractivity contribution in [3.63, 3.8) is 0 Å². The van der Waals surface area contributed by atoms with E-state index < -0.39 is 17.8 Å². The van der Waals surface area contributed by atoms with Gasteiger partial charge in [0.15, 0.2) is 5.13 Å². The van der Waals surface area contributed by atoms with Crippen LogP contribution in [0.15, 0.2) is 24.3 Å². The zero-order chi connectivity index (χ0) is 22.3. The third kappa shape index (κ3) is 4.26. The molecule has 3 heterocycles. The number of hydrogen-bond acceptors (Lipinski definition) is 7. The van der Waals surface area contributed by atoms with Gasteiger partial charge in [-0.25, -0.2) is 13.8 Å². The number of nitrogens with zero attached hydrogens (tertiary/aromatic N) is 5. The van der Waals surface area contributed by atoms with Gasteiger partial charge in [0.1, 0.15) is 0 Å². The summed E-state index contributed by atoms with van der Waals surface area (Å²) in [5.74, 6) is -3.76. The summed E-state index contributed by atoms with van der Waals surface area (Å²) < 4.78 is 33.5. The third-order valence-corrected chi connectivity index (χ3v) is 6.94. The maximum absolute atomic E-state index is 14.0. The maximum atomic E-state index is 14.0. The van der Waals surface area contributed by atoms with E-state index in [1.54, 1.807) is 31.3 Å². The molecule has 2 aliphatic rings. The molecule has 0 spiro atoms. The topological polar surface area (TPSA) is 94.8 Å². The summed E-state index contributed by atoms with van der Waals surface area (Å²) in [4.78, 5) is 20.2. The Kier molecular flexibility index (Phi) is 5.46. The van der Waals surface area contributed by atoms with Gasteiger partial charge in [0.25, 0.3) is 0 Å². The Hall–Kier alpha value is -2.79. The van der Waals surface area contributed by atoms with Crippen molar-refractivity contribution >= 4 is 22.4 Å². The molecule has 0 radical (unpaired) electrons. The molecule has 1 aliphatic heterocycles. The van der Waals surface area contributed by atoms with E-state index in [1.165, 1.54) is 16.1 Å². The van der Waals surface area contributed by atoms with Crippen LogP contribution in [0.2, 0.25) is 0 Å². The molecule has 8 nitrogen and oxygen atoms in total. The van der Waals surface area contributed by atoms with Crippen molar-refractivity contribution in [3.05, 3.63) is 40.4 Å². The molecule has 2 aromatic heterocycles. The number of amides is 1. The number of benzene rings is 1. The molecule has 0 saturated heterocycles. The fraction of sp³-hybridized carbons (Fsp3) is 0.476. The highest BCUT2D eigenvalue weighted by atomic mass is 32.1. The predicted octanol–water partition coefficient (Wildman–Crippen LogP) is 3.56. The number of tetrazole rings is 1. The van der Waals surface area contributed by atoms with Crippen molar-refractivity contribution in [1.29, 1.82) is 0 Å². The Bertz CT molecular complexity index is 1110. The van der Waals surface area contributed by atoms with Crippen molar-refractivity contribution in [2.75, 3.05) is 11.9 Å². The fourth-order valence-corrected chi connectivity index (χ4v) is 5.36. The number of aryl methyl sites for hydroxylation is 1. The molecule has 168 valence electrons. The van der Waals surface area contributed by atoms with Crippen LogP contribution in [0.1, 0.15) is 41.3 Å². The summed E-state index contributed by atoms with van der Waals surface area (Å²) in [6.45, 7) is 1.09. The van der Waals surface area contributed by atoms with Crippen molar-refractivity contribution in [2.45, 2.75) is 44.1 Å². The summed E-state index contributed by atoms with van der Waals surface area (Å²) in [6.07, 6.45) is 0.491. The van der Waals surface area contributed by atoms with Crippen LogP contribution in [-0.4, -0.2) is 43.6 Å². The largest absolute Gasteiger partial charge is 0.375 e. The summed E-state index contributed by atoms with van der Waals surface area (Å²) >= 11 is 1.38. The molecule has 1 amide bonds. The van der Waals surface area contributed by atoms with Crippen LogP contribution in [-0.2, 0) is 29.6 Å². The highest BCUT2D eigenvalue weighted by Gasteiger charge is 2.45. The Balaban J connectivity index is 1.41. The average Bonchev–Trinajstić information content (AvgIpc) is 3.46. The quantitative estimate of drug-likeness (QED) is 0.626. The van der Waals surface area contributed by atoms with Crippen LogP contribution >= 0.6 is 11.3 Å². The number of carbonyl (C=O) groups excluding carboxylic acids is 1. The van der Waals surface area contributed by atoms with Gasteiger partial charge in [-0.3, -0.25) is 4.79 Å². The normalized spacial score (nSPS) is 20.7. The number of hydrogen-bond donors (Lipinski definition) is 1. The van der Waals surface area contributed by atoms with Gasteiger partial charge in [-0.2, -0.15) is 4.80 Å². The van der Waals surface area contributed by atoms with Crippen molar-refractivity contribution in [3.8, 4) is 11.4 Å². The number of aromatic nitrogens is 5. The van der Waals surface area contributed by atoms with Crippen molar-refractivity contribution in [2.24, 2.45) is 13.0 Å². The minimum absolute atomic E-state index is 0.202. The molecule has 5 rings (SSSR count). The second kappa shape index (κ2) is 8.28. The van der Waals surface area contributed by atoms with Crippen LogP contribution in [0.3, 0.4) is 0 Å². The SMILES string of the molecule is Cn1nnc(-c2ccc([C@H](C(=O)Nc3nc4c(s3)COCC4)[C@@H]3CCC(F)(F)C3)cc2)n1. The standard InChI is InChI=1S/C21H22F2N6O2S/c1-29-27-18(26-28-29)13-4-2-12(3-5-13)17(14-6-8-21(22,23)10-14)19(30)25-20-24-15-7-9-31-11-16(15)32-20/h2-5,14,17H,6-11H2,1H3,(H,24,25,30)/t14-,17+/m1/s1. The lowest BCUT2D eigenvalue weighted by atomic mass is 9.83. The Labute approximate surface area is 187 Å². The van der Waals surface area contributed by atoms with E-state index in [1.807, 2.05) is 0 Å². The predicted molar refractivity (Wildman–Crippen MR) is 113 cm³/mol. The number of halogens is 2. The molecule has 2 atom stereocenters. The first-order chi connectivity index (χ1) is 15.4. The van der Waals surface area contributed by atoms with Gasteiger partial charge in [-0.15, -0.1) is 10.2 Å². The van der Waals surface area contributed by atoms with Gasteiger partial charge >= 0.3 is 0 Å². The van der Waals surface area contributed by atoms with Crippen LogP contribution in [0.4, 0.5) is 13.9 Å². The van der Waals surface area contributed by atoms with E-state index >= 15 is 0 Å². The number of carbonyl (C=O) groups is 1. The van der Waals surface area contributed by atoms with Crippen molar-refractivity contribution in [1.82, 2.24) is 25.2 Å². The van der Waals surface area contributed by atoms with Crippen molar-refractivity contribution < 1.29 is 18.3 Å². The van der Waals surface area contributed by atoms with Crippen LogP contribution < -0.4 is 5.32 Å². The summed E-state index contributed by atoms with van der Waals surface area (Å²) in [5.41, 5.74) is 2.36. The lowest BCUT2D eigenvalue weighted by Crippen LogP contribution is -2.27. The van der Waals surface area contributed by atoms with Gasteiger partial charge in [-0.1, -0.05) is 35.6 Å². The van der Waals surface area contributed by atoms with E-state index in [0.29, 0.717) is 42.6 Å². The number of fused-ring (bicyclic) bond motifs is 1. The first-order valence-corrected chi connectivity index (χ1v) is 11.3. The van der Waals surface area contributed by atoms with E-state index in [9.17, 15) is 13.6 Å². The van der Waals surface area contributed by atoms with E-state index in [4.69, 9.17) is 4.74 Å². The van der Waals surface area contributed by atoms with Gasteiger partial charge in [0.05, 0.1) is 36.8 Å². The molecule has 32 heavy (non-hydrogen) atoms. The zero-order valence-corrected chi connectivity index (χ0v) is 18.2. The highest BCUT2D eigenvalue weighted by Crippen LogP contribution is 2.46. The summed E-state index contributed by atoms with van der Waals surface area (Å²) in [5, 5.41) is 15.4. The molecule has 1 aromatic carbocycles. The number of alkyl halides is 2. The minimum Gasteiger partial charge on any atom is -0.375 e. The molecule has 1 N–H and O–H groups in total. The molecule has 0 bridgehead atoms. The summed E-state index contributed by atoms with van der Waals surface area (Å²) in [7, 11) is 1.67. The molecule has 1 fully saturated rings. The molecule has 0 unspecified atom stereocenters. The van der Waals surface area contributed by atoms with Crippen LogP contribution in [0.25, 0.3) is 11.4 Å². The average molecular weight is 461 g/mol. The lowest BCUT2D eigenvalue weighted by molar-refractivity contribution is -0.118. The van der Waals surface area contributed by atoms with Gasteiger partial charge in [0, 0.05) is 24.8 Å². The van der Waals surface area contributed by atoms with Crippen LogP contribution in [0, 0.1) is 5.92 Å². The number of nitrogens with one attached hydrogen (secondary N) is 1. The Morgan fingerprint density at radius 2 is 2.16 bits per heavy atom. The second-order valence-electron chi connectivity index (χ2n) is 8.24. The number of rotatable bonds is 5. The monoisotopic (exact) mass is 460 g/mol. The van der Waals surface area contributed by atoms with E-state index in [0.717, 1.165) is 16.1 Å². The third-order valence-electron chi connectivity index (χ3n) is 5.96. The van der Waals surface area contributed by atoms with Crippen LogP contribution in [0.5, 0.6) is 0 Å². The van der Waals surface area contributed by atoms with E-state index in [-0.39, 0.29) is 18.7 Å². The molecule has 1 saturated carbocycles. The summed E-state index contributed by atoms with van der Waals surface area (Å²) in [6, 6.07) is 7.15. The molecule has 1 aliphatic carbocycles. The van der Waals surface area contributed by atoms with E-state index in [2.05, 4.69) is 25.7 Å². The highest BCUT2D eigenvalue weighted by molar-refractivity contribution is 7.15. The number of ether oxygens (including phenoxy) is 1. The zero-order valence-electron chi connectivity index (χ0n) is 17.4. The molecule has 3 aromatic rings. The first kappa shape index (κ1) is 21.1. The Morgan fingerprint density at radius 3 is 2.81 bits per heavy atom. The van der Waals surface area contributed by atoms with Gasteiger partial charge in [0.2, 0.25) is 17.7 Å². The fourth-order valence-electron chi connectivity index (χ4n) is 4.41. The smallest absolute Gasteiger partial charge is 0.248 e. The molecule has 11 heteroatoms. The lowest BCUT2D eigenvalue weighted by Gasteiger charge is -2.23. The molecular formula is C21H22F2N6O2S.